The molecule has 0 bridgehead atoms. The van der Waals surface area contributed by atoms with Crippen molar-refractivity contribution >= 4 is 77.4 Å². The van der Waals surface area contributed by atoms with Crippen molar-refractivity contribution in [2.45, 2.75) is 0 Å². The molecule has 0 spiro atoms. The average Bonchev–Trinajstić information content (AvgIpc) is 3.75. The van der Waals surface area contributed by atoms with Crippen molar-refractivity contribution in [1.29, 1.82) is 0 Å². The molecule has 10 rings (SSSR count). The molecule has 0 atom stereocenters. The van der Waals surface area contributed by atoms with Gasteiger partial charge in [-0.3, -0.25) is 0 Å². The number of hydrogen-bond donors (Lipinski definition) is 0. The summed E-state index contributed by atoms with van der Waals surface area (Å²) in [5, 5.41) is 9.02. The van der Waals surface area contributed by atoms with Crippen LogP contribution in [0.25, 0.3) is 85.7 Å². The first-order valence-corrected chi connectivity index (χ1v) is 17.0. The van der Waals surface area contributed by atoms with Crippen molar-refractivity contribution in [3.63, 3.8) is 0 Å². The van der Waals surface area contributed by atoms with Gasteiger partial charge in [0.05, 0.1) is 0 Å². The maximum atomic E-state index is 5.38. The van der Waals surface area contributed by atoms with Gasteiger partial charge in [0.2, 0.25) is 0 Å². The van der Waals surface area contributed by atoms with Crippen LogP contribution in [-0.4, -0.2) is 28.6 Å². The minimum absolute atomic E-state index is 0.0818. The Morgan fingerprint density at radius 2 is 1.13 bits per heavy atom. The van der Waals surface area contributed by atoms with Gasteiger partial charge in [-0.25, -0.2) is 0 Å². The van der Waals surface area contributed by atoms with Gasteiger partial charge in [-0.1, -0.05) is 0 Å². The topological polar surface area (TPSA) is 22.8 Å². The van der Waals surface area contributed by atoms with E-state index < -0.39 is 0 Å². The molecule has 0 saturated heterocycles. The van der Waals surface area contributed by atoms with Gasteiger partial charge in [0, 0.05) is 0 Å². The van der Waals surface area contributed by atoms with Crippen molar-refractivity contribution in [1.82, 2.24) is 14.1 Å². The summed E-state index contributed by atoms with van der Waals surface area (Å²) in [5.74, 6) is 0.947. The number of aromatic nitrogens is 3. The summed E-state index contributed by atoms with van der Waals surface area (Å²) in [7, 11) is 0. The third-order valence-corrected chi connectivity index (χ3v) is 11.6. The van der Waals surface area contributed by atoms with Crippen LogP contribution in [-0.2, 0) is 0 Å². The summed E-state index contributed by atoms with van der Waals surface area (Å²) in [6.45, 7) is 0. The molecule has 4 heterocycles. The fourth-order valence-corrected chi connectivity index (χ4v) is 10.1. The molecular weight excluding hydrogens is 613 g/mol. The van der Waals surface area contributed by atoms with Crippen LogP contribution in [0.3, 0.4) is 0 Å². The van der Waals surface area contributed by atoms with Crippen LogP contribution in [0.15, 0.2) is 152 Å². The van der Waals surface area contributed by atoms with E-state index in [4.69, 9.17) is 4.98 Å². The monoisotopic (exact) mass is 639 g/mol. The number of hydrogen-bond acceptors (Lipinski definition) is 1. The molecule has 4 aromatic heterocycles. The fraction of sp³-hybridized carbons (Fsp3) is 0. The van der Waals surface area contributed by atoms with E-state index >= 15 is 0 Å². The number of fused-ring (bicyclic) bond motifs is 10. The molecule has 0 aliphatic carbocycles. The van der Waals surface area contributed by atoms with E-state index in [0.717, 1.165) is 17.1 Å². The van der Waals surface area contributed by atoms with Gasteiger partial charge in [0.15, 0.2) is 0 Å². The van der Waals surface area contributed by atoms with Gasteiger partial charge < -0.3 is 0 Å². The Morgan fingerprint density at radius 1 is 0.467 bits per heavy atom. The molecule has 10 aromatic rings. The Labute approximate surface area is 265 Å². The van der Waals surface area contributed by atoms with E-state index in [0.29, 0.717) is 0 Å². The second kappa shape index (κ2) is 9.54. The Morgan fingerprint density at radius 3 is 2.00 bits per heavy atom. The molecule has 0 saturated carbocycles. The summed E-state index contributed by atoms with van der Waals surface area (Å²) >= 11 is 0.0818. The van der Waals surface area contributed by atoms with Crippen LogP contribution in [0.5, 0.6) is 0 Å². The third-order valence-electron chi connectivity index (χ3n) is 9.13. The summed E-state index contributed by atoms with van der Waals surface area (Å²) in [6.07, 6.45) is 0. The van der Waals surface area contributed by atoms with E-state index in [9.17, 15) is 0 Å². The van der Waals surface area contributed by atoms with E-state index in [1.54, 1.807) is 0 Å². The summed E-state index contributed by atoms with van der Waals surface area (Å²) in [5.41, 5.74) is 7.08. The van der Waals surface area contributed by atoms with Crippen molar-refractivity contribution in [3.05, 3.63) is 152 Å². The van der Waals surface area contributed by atoms with Gasteiger partial charge in [-0.05, 0) is 0 Å². The molecule has 0 unspecified atom stereocenters. The van der Waals surface area contributed by atoms with E-state index in [-0.39, 0.29) is 14.5 Å². The first-order valence-electron chi connectivity index (χ1n) is 15.2. The Hall–Kier alpha value is -5.41. The predicted octanol–water partition coefficient (Wildman–Crippen LogP) is 10.3. The molecule has 0 amide bonds. The first-order chi connectivity index (χ1) is 22.3. The Kier molecular flexibility index (Phi) is 5.30. The summed E-state index contributed by atoms with van der Waals surface area (Å²) < 4.78 is 7.74. The molecule has 6 aromatic carbocycles. The second-order valence-corrected chi connectivity index (χ2v) is 13.7. The maximum absolute atomic E-state index is 5.38. The van der Waals surface area contributed by atoms with Gasteiger partial charge in [0.25, 0.3) is 0 Å². The standard InChI is InChI=1S/C41H25N3Se/c1-2-14-27(15-3-1)43-36-22-9-7-18-32(36)38-33-25-24-31-30-17-6-8-21-35(30)44(39(31)40(33)45-41(38)43)37-23-11-20-34(42-37)29-19-10-13-26-12-4-5-16-28(26)29/h1-25H. The van der Waals surface area contributed by atoms with Crippen LogP contribution >= 0.6 is 0 Å². The van der Waals surface area contributed by atoms with Gasteiger partial charge in [0.1, 0.15) is 0 Å². The molecule has 0 radical (unpaired) electrons. The minimum atomic E-state index is 0.0818. The zero-order chi connectivity index (χ0) is 29.5. The molecule has 3 nitrogen and oxygen atoms in total. The van der Waals surface area contributed by atoms with Crippen LogP contribution < -0.4 is 0 Å². The zero-order valence-corrected chi connectivity index (χ0v) is 25.9. The van der Waals surface area contributed by atoms with Gasteiger partial charge in [-0.15, -0.1) is 0 Å². The SMILES string of the molecule is c1ccc(-n2c3ccccc3c3c4ccc5c6ccccc6n(-c6cccc(-c7cccc8ccccc78)n6)c5c4[se]c32)cc1. The molecule has 0 fully saturated rings. The predicted molar refractivity (Wildman–Crippen MR) is 190 cm³/mol. The summed E-state index contributed by atoms with van der Waals surface area (Å²) in [4.78, 5) is 5.38. The molecule has 45 heavy (non-hydrogen) atoms. The number of nitrogens with zero attached hydrogens (tertiary/aromatic N) is 3. The second-order valence-electron chi connectivity index (χ2n) is 11.6. The van der Waals surface area contributed by atoms with Gasteiger partial charge in [-0.2, -0.15) is 0 Å². The number of benzene rings is 6. The van der Waals surface area contributed by atoms with Crippen LogP contribution in [0.1, 0.15) is 0 Å². The van der Waals surface area contributed by atoms with Crippen LogP contribution in [0.2, 0.25) is 0 Å². The van der Waals surface area contributed by atoms with E-state index in [1.165, 1.54) is 68.6 Å². The molecule has 210 valence electrons. The normalized spacial score (nSPS) is 12.0. The Balaban J connectivity index is 1.32. The number of pyridine rings is 1. The molecule has 0 aliphatic rings. The first kappa shape index (κ1) is 25.0. The van der Waals surface area contributed by atoms with Crippen molar-refractivity contribution in [2.24, 2.45) is 0 Å². The molecule has 0 N–H and O–H groups in total. The quantitative estimate of drug-likeness (QED) is 0.177. The van der Waals surface area contributed by atoms with Crippen molar-refractivity contribution in [2.75, 3.05) is 0 Å². The fourth-order valence-electron chi connectivity index (χ4n) is 7.22. The third kappa shape index (κ3) is 3.55. The Bertz CT molecular complexity index is 2760. The molecular formula is C41H25N3Se. The zero-order valence-electron chi connectivity index (χ0n) is 24.2. The van der Waals surface area contributed by atoms with Crippen molar-refractivity contribution < 1.29 is 0 Å². The van der Waals surface area contributed by atoms with E-state index in [2.05, 4.69) is 161 Å². The number of para-hydroxylation sites is 3. The summed E-state index contributed by atoms with van der Waals surface area (Å²) in [6, 6.07) is 54.7. The van der Waals surface area contributed by atoms with E-state index in [1.807, 2.05) is 0 Å². The number of rotatable bonds is 3. The molecule has 0 aliphatic heterocycles. The average molecular weight is 639 g/mol. The van der Waals surface area contributed by atoms with Crippen LogP contribution in [0, 0.1) is 0 Å². The van der Waals surface area contributed by atoms with Gasteiger partial charge >= 0.3 is 266 Å². The molecule has 4 heteroatoms. The van der Waals surface area contributed by atoms with Crippen molar-refractivity contribution in [3.8, 4) is 22.8 Å². The van der Waals surface area contributed by atoms with Crippen LogP contribution in [0.4, 0.5) is 0 Å².